The average Bonchev–Trinajstić information content (AvgIpc) is 2.65. The molecule has 1 saturated heterocycles. The van der Waals surface area contributed by atoms with Gasteiger partial charge >= 0.3 is 0 Å². The van der Waals surface area contributed by atoms with Gasteiger partial charge in [0.05, 0.1) is 6.04 Å². The predicted molar refractivity (Wildman–Crippen MR) is 54.7 cm³/mol. The van der Waals surface area contributed by atoms with Crippen LogP contribution in [0.5, 0.6) is 0 Å². The molecule has 0 radical (unpaired) electrons. The molecule has 2 rings (SSSR count). The summed E-state index contributed by atoms with van der Waals surface area (Å²) in [6, 6.07) is 7.80. The van der Waals surface area contributed by atoms with Crippen molar-refractivity contribution in [3.63, 3.8) is 0 Å². The molecule has 1 aromatic carbocycles. The van der Waals surface area contributed by atoms with Gasteiger partial charge in [-0.3, -0.25) is 4.79 Å². The molecule has 3 nitrogen and oxygen atoms in total. The van der Waals surface area contributed by atoms with Crippen molar-refractivity contribution in [3.05, 3.63) is 35.4 Å². The first-order valence-electron chi connectivity index (χ1n) is 4.86. The van der Waals surface area contributed by atoms with E-state index in [1.807, 2.05) is 24.3 Å². The highest BCUT2D eigenvalue weighted by Crippen LogP contribution is 2.19. The summed E-state index contributed by atoms with van der Waals surface area (Å²) in [4.78, 5) is 11.4. The summed E-state index contributed by atoms with van der Waals surface area (Å²) in [5, 5.41) is 3.18. The minimum Gasteiger partial charge on any atom is -0.326 e. The summed E-state index contributed by atoms with van der Waals surface area (Å²) in [6.45, 7) is 1.34. The van der Waals surface area contributed by atoms with Gasteiger partial charge in [0.2, 0.25) is 0 Å². The summed E-state index contributed by atoms with van der Waals surface area (Å²) in [5.41, 5.74) is 7.64. The van der Waals surface area contributed by atoms with Gasteiger partial charge in [-0.2, -0.15) is 0 Å². The van der Waals surface area contributed by atoms with Crippen LogP contribution < -0.4 is 11.1 Å². The first-order chi connectivity index (χ1) is 6.81. The van der Waals surface area contributed by atoms with Crippen molar-refractivity contribution in [2.45, 2.75) is 19.0 Å². The van der Waals surface area contributed by atoms with Crippen LogP contribution in [0.25, 0.3) is 0 Å². The quantitative estimate of drug-likeness (QED) is 0.723. The van der Waals surface area contributed by atoms with Crippen molar-refractivity contribution < 1.29 is 4.79 Å². The normalized spacial score (nSPS) is 21.5. The van der Waals surface area contributed by atoms with Gasteiger partial charge in [0.15, 0.2) is 5.78 Å². The zero-order valence-electron chi connectivity index (χ0n) is 7.99. The van der Waals surface area contributed by atoms with Crippen LogP contribution in [0.15, 0.2) is 24.3 Å². The molecule has 1 fully saturated rings. The standard InChI is InChI=1S/C11H14N2O/c12-7-8-1-3-9(4-2-8)11-10(14)5-6-13-11/h1-4,11,13H,5-7,12H2. The molecule has 1 aliphatic rings. The van der Waals surface area contributed by atoms with Crippen molar-refractivity contribution in [1.82, 2.24) is 5.32 Å². The van der Waals surface area contributed by atoms with E-state index in [1.165, 1.54) is 0 Å². The Kier molecular flexibility index (Phi) is 2.61. The molecular weight excluding hydrogens is 176 g/mol. The Morgan fingerprint density at radius 3 is 2.57 bits per heavy atom. The van der Waals surface area contributed by atoms with Crippen LogP contribution in [0.3, 0.4) is 0 Å². The molecule has 0 bridgehead atoms. The smallest absolute Gasteiger partial charge is 0.155 e. The van der Waals surface area contributed by atoms with E-state index in [4.69, 9.17) is 5.73 Å². The van der Waals surface area contributed by atoms with Gasteiger partial charge in [0.25, 0.3) is 0 Å². The molecule has 14 heavy (non-hydrogen) atoms. The zero-order chi connectivity index (χ0) is 9.97. The van der Waals surface area contributed by atoms with Crippen LogP contribution in [0.4, 0.5) is 0 Å². The number of nitrogens with two attached hydrogens (primary N) is 1. The fraction of sp³-hybridized carbons (Fsp3) is 0.364. The van der Waals surface area contributed by atoms with Gasteiger partial charge in [-0.1, -0.05) is 24.3 Å². The topological polar surface area (TPSA) is 55.1 Å². The minimum atomic E-state index is -0.0955. The summed E-state index contributed by atoms with van der Waals surface area (Å²) in [6.07, 6.45) is 0.642. The number of hydrogen-bond acceptors (Lipinski definition) is 3. The third-order valence-corrected chi connectivity index (χ3v) is 2.59. The first kappa shape index (κ1) is 9.37. The van der Waals surface area contributed by atoms with Gasteiger partial charge in [-0.05, 0) is 11.1 Å². The lowest BCUT2D eigenvalue weighted by Gasteiger charge is -2.09. The van der Waals surface area contributed by atoms with E-state index in [2.05, 4.69) is 5.32 Å². The number of carbonyl (C=O) groups is 1. The Labute approximate surface area is 83.3 Å². The molecule has 1 unspecified atom stereocenters. The number of carbonyl (C=O) groups excluding carboxylic acids is 1. The van der Waals surface area contributed by atoms with Gasteiger partial charge < -0.3 is 11.1 Å². The Bertz CT molecular complexity index is 332. The van der Waals surface area contributed by atoms with E-state index in [9.17, 15) is 4.79 Å². The number of rotatable bonds is 2. The highest BCUT2D eigenvalue weighted by molar-refractivity contribution is 5.87. The first-order valence-corrected chi connectivity index (χ1v) is 4.86. The molecule has 0 aliphatic carbocycles. The minimum absolute atomic E-state index is 0.0955. The molecule has 1 atom stereocenters. The van der Waals surface area contributed by atoms with E-state index in [0.29, 0.717) is 13.0 Å². The van der Waals surface area contributed by atoms with Gasteiger partial charge in [-0.15, -0.1) is 0 Å². The van der Waals surface area contributed by atoms with Gasteiger partial charge in [0, 0.05) is 19.5 Å². The maximum absolute atomic E-state index is 11.4. The summed E-state index contributed by atoms with van der Waals surface area (Å²) in [7, 11) is 0. The number of hydrogen-bond donors (Lipinski definition) is 2. The van der Waals surface area contributed by atoms with Crippen LogP contribution in [0.1, 0.15) is 23.6 Å². The van der Waals surface area contributed by atoms with Crippen molar-refractivity contribution in [2.75, 3.05) is 6.54 Å². The third-order valence-electron chi connectivity index (χ3n) is 2.59. The number of nitrogens with one attached hydrogen (secondary N) is 1. The van der Waals surface area contributed by atoms with Crippen LogP contribution in [0.2, 0.25) is 0 Å². The van der Waals surface area contributed by atoms with E-state index >= 15 is 0 Å². The molecular formula is C11H14N2O. The molecule has 1 aliphatic heterocycles. The molecule has 74 valence electrons. The second-order valence-corrected chi connectivity index (χ2v) is 3.55. The second-order valence-electron chi connectivity index (χ2n) is 3.55. The number of Topliss-reactive ketones (excluding diaryl/α,β-unsaturated/α-hetero) is 1. The summed E-state index contributed by atoms with van der Waals surface area (Å²) >= 11 is 0. The van der Waals surface area contributed by atoms with E-state index in [-0.39, 0.29) is 11.8 Å². The fourth-order valence-corrected chi connectivity index (χ4v) is 1.75. The van der Waals surface area contributed by atoms with Crippen molar-refractivity contribution in [1.29, 1.82) is 0 Å². The number of benzene rings is 1. The Hall–Kier alpha value is -1.19. The second kappa shape index (κ2) is 3.90. The average molecular weight is 190 g/mol. The molecule has 0 spiro atoms. The lowest BCUT2D eigenvalue weighted by molar-refractivity contribution is -0.118. The monoisotopic (exact) mass is 190 g/mol. The summed E-state index contributed by atoms with van der Waals surface area (Å²) in [5.74, 6) is 0.283. The lowest BCUT2D eigenvalue weighted by Crippen LogP contribution is -2.17. The van der Waals surface area contributed by atoms with Crippen LogP contribution in [-0.2, 0) is 11.3 Å². The van der Waals surface area contributed by atoms with Crippen LogP contribution in [0, 0.1) is 0 Å². The van der Waals surface area contributed by atoms with Gasteiger partial charge in [-0.25, -0.2) is 0 Å². The Morgan fingerprint density at radius 1 is 1.36 bits per heavy atom. The molecule has 0 aromatic heterocycles. The van der Waals surface area contributed by atoms with Crippen molar-refractivity contribution in [3.8, 4) is 0 Å². The molecule has 1 aromatic rings. The largest absolute Gasteiger partial charge is 0.326 e. The molecule has 3 heteroatoms. The summed E-state index contributed by atoms with van der Waals surface area (Å²) < 4.78 is 0. The maximum Gasteiger partial charge on any atom is 0.155 e. The molecule has 1 heterocycles. The van der Waals surface area contributed by atoms with E-state index in [0.717, 1.165) is 17.7 Å². The highest BCUT2D eigenvalue weighted by atomic mass is 16.1. The van der Waals surface area contributed by atoms with Crippen LogP contribution in [-0.4, -0.2) is 12.3 Å². The molecule has 3 N–H and O–H groups in total. The Morgan fingerprint density at radius 2 is 2.07 bits per heavy atom. The zero-order valence-corrected chi connectivity index (χ0v) is 7.99. The Balaban J connectivity index is 2.20. The third kappa shape index (κ3) is 1.69. The fourth-order valence-electron chi connectivity index (χ4n) is 1.75. The van der Waals surface area contributed by atoms with Crippen molar-refractivity contribution in [2.24, 2.45) is 5.73 Å². The lowest BCUT2D eigenvalue weighted by atomic mass is 10.0. The van der Waals surface area contributed by atoms with E-state index in [1.54, 1.807) is 0 Å². The van der Waals surface area contributed by atoms with Crippen LogP contribution >= 0.6 is 0 Å². The van der Waals surface area contributed by atoms with E-state index < -0.39 is 0 Å². The van der Waals surface area contributed by atoms with Gasteiger partial charge in [0.1, 0.15) is 0 Å². The highest BCUT2D eigenvalue weighted by Gasteiger charge is 2.24. The maximum atomic E-state index is 11.4. The number of ketones is 1. The molecule has 0 amide bonds. The predicted octanol–water partition coefficient (Wildman–Crippen LogP) is 0.749. The molecule has 0 saturated carbocycles. The SMILES string of the molecule is NCc1ccc(C2NCCC2=O)cc1. The van der Waals surface area contributed by atoms with Crippen molar-refractivity contribution >= 4 is 5.78 Å².